The second-order valence-corrected chi connectivity index (χ2v) is 9.86. The molecule has 4 rings (SSSR count). The van der Waals surface area contributed by atoms with E-state index in [2.05, 4.69) is 15.3 Å². The van der Waals surface area contributed by atoms with Gasteiger partial charge in [-0.15, -0.1) is 39.9 Å². The van der Waals surface area contributed by atoms with Gasteiger partial charge in [0.05, 0.1) is 6.54 Å². The summed E-state index contributed by atoms with van der Waals surface area (Å²) in [4.78, 5) is 22.8. The predicted octanol–water partition coefficient (Wildman–Crippen LogP) is 4.27. The van der Waals surface area contributed by atoms with Crippen LogP contribution in [0.5, 0.6) is 0 Å². The topological polar surface area (TPSA) is 89.5 Å². The molecule has 11 heteroatoms. The molecule has 8 nitrogen and oxygen atoms in total. The molecule has 0 aliphatic rings. The Labute approximate surface area is 207 Å². The fourth-order valence-corrected chi connectivity index (χ4v) is 2.78. The van der Waals surface area contributed by atoms with Crippen molar-refractivity contribution in [2.24, 2.45) is 10.8 Å². The molecule has 180 valence electrons. The Morgan fingerprint density at radius 1 is 0.818 bits per heavy atom. The number of halogens is 3. The first-order valence-electron chi connectivity index (χ1n) is 10.3. The molecule has 4 heterocycles. The maximum absolute atomic E-state index is 11.9. The fourth-order valence-electron chi connectivity index (χ4n) is 2.41. The zero-order valence-corrected chi connectivity index (χ0v) is 21.4. The first kappa shape index (κ1) is 27.0. The third-order valence-electron chi connectivity index (χ3n) is 4.47. The van der Waals surface area contributed by atoms with Gasteiger partial charge in [0, 0.05) is 30.0 Å². The summed E-state index contributed by atoms with van der Waals surface area (Å²) in [7, 11) is 0. The van der Waals surface area contributed by atoms with Crippen LogP contribution in [0.15, 0.2) is 58.4 Å². The second-order valence-electron chi connectivity index (χ2n) is 9.06. The molecule has 0 bridgehead atoms. The van der Waals surface area contributed by atoms with E-state index < -0.39 is 0 Å². The SMILES string of the molecule is CC(C)(CCl)CCl.CC(C)(CCl)Cn1nc2ccccn2c1=O.O=c1[nH]nc2ccccn12. The molecule has 0 unspecified atom stereocenters. The van der Waals surface area contributed by atoms with E-state index in [1.165, 1.54) is 13.5 Å². The second kappa shape index (κ2) is 11.7. The number of hydrogen-bond donors (Lipinski definition) is 1. The number of nitrogens with zero attached hydrogens (tertiary/aromatic N) is 5. The normalized spacial score (nSPS) is 11.6. The van der Waals surface area contributed by atoms with Gasteiger partial charge in [0.25, 0.3) is 0 Å². The molecule has 0 spiro atoms. The van der Waals surface area contributed by atoms with E-state index in [1.54, 1.807) is 24.5 Å². The van der Waals surface area contributed by atoms with Gasteiger partial charge in [-0.05, 0) is 35.1 Å². The number of hydrogen-bond acceptors (Lipinski definition) is 4. The summed E-state index contributed by atoms with van der Waals surface area (Å²) in [6, 6.07) is 10.9. The van der Waals surface area contributed by atoms with Gasteiger partial charge in [-0.3, -0.25) is 8.80 Å². The molecule has 0 aliphatic carbocycles. The Balaban J connectivity index is 0.000000194. The van der Waals surface area contributed by atoms with Crippen LogP contribution in [0.4, 0.5) is 0 Å². The lowest BCUT2D eigenvalue weighted by Crippen LogP contribution is -2.30. The molecule has 4 aromatic heterocycles. The van der Waals surface area contributed by atoms with E-state index in [-0.39, 0.29) is 22.2 Å². The highest BCUT2D eigenvalue weighted by Crippen LogP contribution is 2.18. The van der Waals surface area contributed by atoms with Crippen LogP contribution in [-0.4, -0.2) is 46.4 Å². The van der Waals surface area contributed by atoms with E-state index in [0.717, 1.165) is 0 Å². The van der Waals surface area contributed by atoms with Crippen LogP contribution in [0.3, 0.4) is 0 Å². The van der Waals surface area contributed by atoms with Crippen molar-refractivity contribution < 1.29 is 0 Å². The smallest absolute Gasteiger partial charge is 0.250 e. The van der Waals surface area contributed by atoms with E-state index in [1.807, 2.05) is 52.0 Å². The highest BCUT2D eigenvalue weighted by Gasteiger charge is 2.20. The molecule has 0 amide bonds. The van der Waals surface area contributed by atoms with Crippen LogP contribution in [0.1, 0.15) is 27.7 Å². The first-order valence-corrected chi connectivity index (χ1v) is 11.9. The number of aromatic nitrogens is 6. The summed E-state index contributed by atoms with van der Waals surface area (Å²) >= 11 is 16.9. The van der Waals surface area contributed by atoms with Crippen molar-refractivity contribution in [3.05, 3.63) is 69.8 Å². The van der Waals surface area contributed by atoms with Crippen molar-refractivity contribution in [2.75, 3.05) is 17.6 Å². The predicted molar refractivity (Wildman–Crippen MR) is 135 cm³/mol. The van der Waals surface area contributed by atoms with Crippen molar-refractivity contribution in [2.45, 2.75) is 34.2 Å². The molecule has 1 N–H and O–H groups in total. The van der Waals surface area contributed by atoms with E-state index in [0.29, 0.717) is 35.5 Å². The first-order chi connectivity index (χ1) is 15.5. The van der Waals surface area contributed by atoms with Crippen LogP contribution in [0, 0.1) is 10.8 Å². The Bertz CT molecular complexity index is 1270. The molecule has 0 saturated carbocycles. The minimum absolute atomic E-state index is 0.114. The highest BCUT2D eigenvalue weighted by atomic mass is 35.5. The standard InChI is InChI=1S/C11H14ClN3O.C6H5N3O.C5H10Cl2/c1-11(2,7-12)8-15-10(16)14-6-4-3-5-9(14)13-15;10-6-8-7-5-3-1-2-4-9(5)6;1-5(2,3-6)4-7/h3-6H,7-8H2,1-2H3;1-4H,(H,8,10);3-4H2,1-2H3. The van der Waals surface area contributed by atoms with Gasteiger partial charge in [0.1, 0.15) is 0 Å². The zero-order chi connectivity index (χ0) is 24.6. The zero-order valence-electron chi connectivity index (χ0n) is 19.1. The number of H-pyrrole nitrogens is 1. The Kier molecular flexibility index (Phi) is 9.57. The molecule has 0 saturated heterocycles. The summed E-state index contributed by atoms with van der Waals surface area (Å²) < 4.78 is 4.45. The minimum atomic E-state index is -0.199. The number of fused-ring (bicyclic) bond motifs is 2. The lowest BCUT2D eigenvalue weighted by Gasteiger charge is -2.19. The fraction of sp³-hybridized carbons (Fsp3) is 0.455. The van der Waals surface area contributed by atoms with Gasteiger partial charge in [-0.25, -0.2) is 19.4 Å². The molecule has 33 heavy (non-hydrogen) atoms. The maximum Gasteiger partial charge on any atom is 0.350 e. The molecule has 0 radical (unpaired) electrons. The van der Waals surface area contributed by atoms with Crippen molar-refractivity contribution in [1.29, 1.82) is 0 Å². The number of rotatable bonds is 5. The number of pyridine rings is 2. The van der Waals surface area contributed by atoms with Crippen LogP contribution >= 0.6 is 34.8 Å². The number of aromatic amines is 1. The van der Waals surface area contributed by atoms with Gasteiger partial charge < -0.3 is 0 Å². The largest absolute Gasteiger partial charge is 0.350 e. The summed E-state index contributed by atoms with van der Waals surface area (Å²) in [6.07, 6.45) is 3.38. The Hall–Kier alpha value is -2.29. The highest BCUT2D eigenvalue weighted by molar-refractivity contribution is 6.21. The summed E-state index contributed by atoms with van der Waals surface area (Å²) in [6.45, 7) is 8.62. The van der Waals surface area contributed by atoms with E-state index in [4.69, 9.17) is 34.8 Å². The van der Waals surface area contributed by atoms with Crippen molar-refractivity contribution in [1.82, 2.24) is 28.8 Å². The summed E-state index contributed by atoms with van der Waals surface area (Å²) in [5, 5.41) is 10.3. The molecular weight excluding hydrogens is 487 g/mol. The summed E-state index contributed by atoms with van der Waals surface area (Å²) in [5.74, 6) is 1.76. The lowest BCUT2D eigenvalue weighted by molar-refractivity contribution is 0.325. The van der Waals surface area contributed by atoms with Crippen LogP contribution < -0.4 is 11.4 Å². The van der Waals surface area contributed by atoms with Crippen LogP contribution in [0.25, 0.3) is 11.3 Å². The molecule has 0 aromatic carbocycles. The molecule has 4 aromatic rings. The van der Waals surface area contributed by atoms with Crippen molar-refractivity contribution in [3.63, 3.8) is 0 Å². The van der Waals surface area contributed by atoms with Crippen molar-refractivity contribution in [3.8, 4) is 0 Å². The molecule has 0 atom stereocenters. The molecular formula is C22H29Cl3N6O2. The quantitative estimate of drug-likeness (QED) is 0.402. The van der Waals surface area contributed by atoms with Gasteiger partial charge in [-0.1, -0.05) is 39.8 Å². The Morgan fingerprint density at radius 3 is 1.85 bits per heavy atom. The average molecular weight is 516 g/mol. The van der Waals surface area contributed by atoms with Crippen molar-refractivity contribution >= 4 is 46.1 Å². The maximum atomic E-state index is 11.9. The van der Waals surface area contributed by atoms with Gasteiger partial charge in [0.2, 0.25) is 0 Å². The molecule has 0 fully saturated rings. The van der Waals surface area contributed by atoms with Gasteiger partial charge in [0.15, 0.2) is 11.3 Å². The monoisotopic (exact) mass is 514 g/mol. The van der Waals surface area contributed by atoms with Gasteiger partial charge in [-0.2, -0.15) is 5.10 Å². The minimum Gasteiger partial charge on any atom is -0.250 e. The Morgan fingerprint density at radius 2 is 1.36 bits per heavy atom. The lowest BCUT2D eigenvalue weighted by atomic mass is 9.97. The third kappa shape index (κ3) is 7.62. The average Bonchev–Trinajstić information content (AvgIpc) is 3.34. The third-order valence-corrected chi connectivity index (χ3v) is 6.65. The van der Waals surface area contributed by atoms with E-state index >= 15 is 0 Å². The number of nitrogens with one attached hydrogen (secondary N) is 1. The summed E-state index contributed by atoms with van der Waals surface area (Å²) in [5.41, 5.74) is 0.974. The van der Waals surface area contributed by atoms with E-state index in [9.17, 15) is 9.59 Å². The van der Waals surface area contributed by atoms with Gasteiger partial charge >= 0.3 is 11.4 Å². The van der Waals surface area contributed by atoms with Crippen LogP contribution in [-0.2, 0) is 6.54 Å². The van der Waals surface area contributed by atoms with Crippen LogP contribution in [0.2, 0.25) is 0 Å². The number of alkyl halides is 3. The molecule has 0 aliphatic heterocycles.